The Labute approximate surface area is 119 Å². The molecule has 104 valence electrons. The summed E-state index contributed by atoms with van der Waals surface area (Å²) < 4.78 is 0. The van der Waals surface area contributed by atoms with Gasteiger partial charge in [0.1, 0.15) is 0 Å². The molecule has 1 aromatic heterocycles. The second kappa shape index (κ2) is 6.16. The first-order chi connectivity index (χ1) is 9.60. The third kappa shape index (κ3) is 3.33. The Morgan fingerprint density at radius 3 is 2.90 bits per heavy atom. The van der Waals surface area contributed by atoms with Crippen molar-refractivity contribution in [2.45, 2.75) is 6.92 Å². The number of carbonyl (C=O) groups is 2. The fourth-order valence-electron chi connectivity index (χ4n) is 1.58. The Balaban J connectivity index is 2.18. The molecule has 0 aliphatic heterocycles. The summed E-state index contributed by atoms with van der Waals surface area (Å²) in [6.07, 6.45) is 0. The fraction of sp³-hybridized carbons (Fsp3) is 0.154. The van der Waals surface area contributed by atoms with Gasteiger partial charge in [0.15, 0.2) is 5.13 Å². The Hall–Kier alpha value is -2.41. The maximum atomic E-state index is 11.4. The molecule has 1 heterocycles. The Bertz CT molecular complexity index is 639. The van der Waals surface area contributed by atoms with E-state index in [9.17, 15) is 9.59 Å². The van der Waals surface area contributed by atoms with Gasteiger partial charge >= 0.3 is 12.0 Å². The van der Waals surface area contributed by atoms with E-state index in [4.69, 9.17) is 5.11 Å². The number of benzene rings is 1. The van der Waals surface area contributed by atoms with Crippen LogP contribution in [0.2, 0.25) is 0 Å². The minimum atomic E-state index is -0.984. The van der Waals surface area contributed by atoms with Crippen molar-refractivity contribution in [3.63, 3.8) is 0 Å². The van der Waals surface area contributed by atoms with E-state index < -0.39 is 5.97 Å². The molecule has 0 bridgehead atoms. The summed E-state index contributed by atoms with van der Waals surface area (Å²) in [5.74, 6) is -0.984. The molecule has 0 unspecified atom stereocenters. The van der Waals surface area contributed by atoms with E-state index in [2.05, 4.69) is 15.6 Å². The summed E-state index contributed by atoms with van der Waals surface area (Å²) in [5, 5.41) is 16.4. The van der Waals surface area contributed by atoms with Gasteiger partial charge in [-0.05, 0) is 19.1 Å². The molecule has 3 N–H and O–H groups in total. The molecular formula is C13H13N3O3S. The number of carbonyl (C=O) groups excluding carboxylic acids is 1. The van der Waals surface area contributed by atoms with Gasteiger partial charge in [0.25, 0.3) is 0 Å². The number of amides is 2. The van der Waals surface area contributed by atoms with Crippen LogP contribution in [0.25, 0.3) is 11.3 Å². The summed E-state index contributed by atoms with van der Waals surface area (Å²) in [7, 11) is 0. The van der Waals surface area contributed by atoms with Crippen LogP contribution in [0.5, 0.6) is 0 Å². The second-order valence-corrected chi connectivity index (χ2v) is 4.77. The molecule has 20 heavy (non-hydrogen) atoms. The van der Waals surface area contributed by atoms with Gasteiger partial charge in [-0.2, -0.15) is 0 Å². The molecule has 0 radical (unpaired) electrons. The molecule has 7 heteroatoms. The van der Waals surface area contributed by atoms with Crippen LogP contribution in [0.15, 0.2) is 29.6 Å². The molecule has 2 amide bonds. The molecule has 0 saturated heterocycles. The van der Waals surface area contributed by atoms with Crippen molar-refractivity contribution in [1.82, 2.24) is 10.3 Å². The van der Waals surface area contributed by atoms with E-state index in [0.717, 1.165) is 0 Å². The number of aromatic carboxylic acids is 1. The van der Waals surface area contributed by atoms with E-state index in [1.807, 2.05) is 6.92 Å². The van der Waals surface area contributed by atoms with Crippen LogP contribution in [0.4, 0.5) is 9.93 Å². The lowest BCUT2D eigenvalue weighted by molar-refractivity contribution is 0.0697. The first-order valence-electron chi connectivity index (χ1n) is 5.94. The number of thiazole rings is 1. The van der Waals surface area contributed by atoms with Gasteiger partial charge in [0.05, 0.1) is 11.3 Å². The zero-order valence-electron chi connectivity index (χ0n) is 10.7. The molecule has 0 saturated carbocycles. The van der Waals surface area contributed by atoms with Crippen LogP contribution in [-0.4, -0.2) is 28.6 Å². The van der Waals surface area contributed by atoms with E-state index in [0.29, 0.717) is 22.9 Å². The molecule has 0 spiro atoms. The topological polar surface area (TPSA) is 91.3 Å². The molecule has 0 aliphatic carbocycles. The van der Waals surface area contributed by atoms with Crippen LogP contribution >= 0.6 is 11.3 Å². The van der Waals surface area contributed by atoms with Crippen molar-refractivity contribution in [2.75, 3.05) is 11.9 Å². The highest BCUT2D eigenvalue weighted by Crippen LogP contribution is 2.25. The highest BCUT2D eigenvalue weighted by Gasteiger charge is 2.09. The fourth-order valence-corrected chi connectivity index (χ4v) is 2.29. The van der Waals surface area contributed by atoms with Crippen LogP contribution in [0, 0.1) is 0 Å². The van der Waals surface area contributed by atoms with Crippen molar-refractivity contribution in [1.29, 1.82) is 0 Å². The van der Waals surface area contributed by atoms with Crippen LogP contribution in [-0.2, 0) is 0 Å². The Kier molecular flexibility index (Phi) is 4.31. The third-order valence-corrected chi connectivity index (χ3v) is 3.22. The number of nitrogens with zero attached hydrogens (tertiary/aromatic N) is 1. The normalized spacial score (nSPS) is 10.1. The maximum Gasteiger partial charge on any atom is 0.335 e. The molecule has 1 aromatic carbocycles. The lowest BCUT2D eigenvalue weighted by atomic mass is 10.1. The number of hydrogen-bond acceptors (Lipinski definition) is 4. The number of carboxylic acids is 1. The minimum Gasteiger partial charge on any atom is -0.478 e. The van der Waals surface area contributed by atoms with Crippen molar-refractivity contribution < 1.29 is 14.7 Å². The molecule has 6 nitrogen and oxygen atoms in total. The second-order valence-electron chi connectivity index (χ2n) is 3.91. The number of aromatic nitrogens is 1. The Morgan fingerprint density at radius 2 is 2.20 bits per heavy atom. The highest BCUT2D eigenvalue weighted by atomic mass is 32.1. The number of carboxylic acid groups (broad SMARTS) is 1. The predicted octanol–water partition coefficient (Wildman–Crippen LogP) is 2.65. The standard InChI is InChI=1S/C13H13N3O3S/c1-2-14-12(19)16-13-15-10(7-20-13)8-4-3-5-9(6-8)11(17)18/h3-7H,2H2,1H3,(H,17,18)(H2,14,15,16,19). The van der Waals surface area contributed by atoms with Gasteiger partial charge in [0.2, 0.25) is 0 Å². The smallest absolute Gasteiger partial charge is 0.335 e. The lowest BCUT2D eigenvalue weighted by Crippen LogP contribution is -2.28. The number of nitrogens with one attached hydrogen (secondary N) is 2. The van der Waals surface area contributed by atoms with Gasteiger partial charge in [-0.15, -0.1) is 11.3 Å². The van der Waals surface area contributed by atoms with E-state index in [1.165, 1.54) is 17.4 Å². The van der Waals surface area contributed by atoms with Crippen LogP contribution in [0.3, 0.4) is 0 Å². The zero-order chi connectivity index (χ0) is 14.5. The van der Waals surface area contributed by atoms with Gasteiger partial charge in [-0.25, -0.2) is 14.6 Å². The monoisotopic (exact) mass is 291 g/mol. The lowest BCUT2D eigenvalue weighted by Gasteiger charge is -2.01. The summed E-state index contributed by atoms with van der Waals surface area (Å²) in [5.41, 5.74) is 1.53. The molecule has 2 aromatic rings. The van der Waals surface area contributed by atoms with Gasteiger partial charge in [0, 0.05) is 17.5 Å². The van der Waals surface area contributed by atoms with E-state index in [1.54, 1.807) is 23.6 Å². The van der Waals surface area contributed by atoms with E-state index in [-0.39, 0.29) is 11.6 Å². The summed E-state index contributed by atoms with van der Waals surface area (Å²) in [6.45, 7) is 2.36. The number of anilines is 1. The van der Waals surface area contributed by atoms with E-state index >= 15 is 0 Å². The molecule has 0 atom stereocenters. The number of urea groups is 1. The third-order valence-electron chi connectivity index (χ3n) is 2.47. The van der Waals surface area contributed by atoms with Gasteiger partial charge < -0.3 is 10.4 Å². The van der Waals surface area contributed by atoms with Crippen molar-refractivity contribution in [3.8, 4) is 11.3 Å². The minimum absolute atomic E-state index is 0.203. The highest BCUT2D eigenvalue weighted by molar-refractivity contribution is 7.14. The maximum absolute atomic E-state index is 11.4. The van der Waals surface area contributed by atoms with Gasteiger partial charge in [-0.1, -0.05) is 12.1 Å². The van der Waals surface area contributed by atoms with Crippen molar-refractivity contribution >= 4 is 28.5 Å². The predicted molar refractivity (Wildman–Crippen MR) is 77.2 cm³/mol. The Morgan fingerprint density at radius 1 is 1.40 bits per heavy atom. The summed E-state index contributed by atoms with van der Waals surface area (Å²) in [6, 6.07) is 6.19. The average molecular weight is 291 g/mol. The summed E-state index contributed by atoms with van der Waals surface area (Å²) in [4.78, 5) is 26.5. The van der Waals surface area contributed by atoms with Crippen LogP contribution < -0.4 is 10.6 Å². The number of rotatable bonds is 4. The quantitative estimate of drug-likeness (QED) is 0.807. The first kappa shape index (κ1) is 14.0. The molecule has 0 fully saturated rings. The van der Waals surface area contributed by atoms with Crippen molar-refractivity contribution in [2.24, 2.45) is 0 Å². The SMILES string of the molecule is CCNC(=O)Nc1nc(-c2cccc(C(=O)O)c2)cs1. The van der Waals surface area contributed by atoms with Crippen LogP contribution in [0.1, 0.15) is 17.3 Å². The van der Waals surface area contributed by atoms with Crippen molar-refractivity contribution in [3.05, 3.63) is 35.2 Å². The zero-order valence-corrected chi connectivity index (χ0v) is 11.5. The largest absolute Gasteiger partial charge is 0.478 e. The number of hydrogen-bond donors (Lipinski definition) is 3. The molecule has 0 aliphatic rings. The average Bonchev–Trinajstić information content (AvgIpc) is 2.87. The van der Waals surface area contributed by atoms with Gasteiger partial charge in [-0.3, -0.25) is 5.32 Å². The molecule has 2 rings (SSSR count). The molecular weight excluding hydrogens is 278 g/mol. The first-order valence-corrected chi connectivity index (χ1v) is 6.82. The summed E-state index contributed by atoms with van der Waals surface area (Å²) >= 11 is 1.28.